The molecule has 0 aromatic heterocycles. The number of hydrogen-bond donors (Lipinski definition) is 0. The number of aryl methyl sites for hydroxylation is 1. The molecule has 0 unspecified atom stereocenters. The van der Waals surface area contributed by atoms with Crippen molar-refractivity contribution in [1.29, 1.82) is 0 Å². The van der Waals surface area contributed by atoms with Crippen LogP contribution in [0.3, 0.4) is 0 Å². The Morgan fingerprint density at radius 1 is 1.54 bits per heavy atom. The monoisotopic (exact) mass is 176 g/mol. The molecule has 0 radical (unpaired) electrons. The van der Waals surface area contributed by atoms with Crippen LogP contribution in [0.5, 0.6) is 5.75 Å². The normalized spacial score (nSPS) is 9.31. The number of carbonyl (C=O) groups is 1. The molecule has 1 aromatic carbocycles. The van der Waals surface area contributed by atoms with Gasteiger partial charge in [0.25, 0.3) is 0 Å². The minimum Gasteiger partial charge on any atom is -0.489 e. The van der Waals surface area contributed by atoms with Crippen molar-refractivity contribution in [2.24, 2.45) is 0 Å². The molecule has 2 heteroatoms. The quantitative estimate of drug-likeness (QED) is 0.520. The maximum atomic E-state index is 10.4. The van der Waals surface area contributed by atoms with Crippen molar-refractivity contribution in [2.75, 3.05) is 6.61 Å². The van der Waals surface area contributed by atoms with Crippen molar-refractivity contribution in [1.82, 2.24) is 0 Å². The van der Waals surface area contributed by atoms with Crippen molar-refractivity contribution in [3.63, 3.8) is 0 Å². The van der Waals surface area contributed by atoms with Gasteiger partial charge in [0.05, 0.1) is 0 Å². The number of carbonyl (C=O) groups excluding carboxylic acids is 1. The van der Waals surface area contributed by atoms with Gasteiger partial charge in [-0.1, -0.05) is 12.7 Å². The first-order valence-corrected chi connectivity index (χ1v) is 4.07. The largest absolute Gasteiger partial charge is 0.489 e. The first-order chi connectivity index (χ1) is 6.27. The van der Waals surface area contributed by atoms with Gasteiger partial charge in [0, 0.05) is 5.56 Å². The highest BCUT2D eigenvalue weighted by molar-refractivity contribution is 5.75. The van der Waals surface area contributed by atoms with Crippen LogP contribution >= 0.6 is 0 Å². The Hall–Kier alpha value is -1.57. The third-order valence-corrected chi connectivity index (χ3v) is 1.69. The Balaban J connectivity index is 2.84. The molecule has 0 bridgehead atoms. The van der Waals surface area contributed by atoms with E-state index in [4.69, 9.17) is 4.74 Å². The van der Waals surface area contributed by atoms with Crippen molar-refractivity contribution in [2.45, 2.75) is 6.92 Å². The third kappa shape index (κ3) is 2.44. The molecule has 0 spiro atoms. The molecule has 0 fully saturated rings. The maximum Gasteiger partial charge on any atom is 0.150 e. The minimum absolute atomic E-state index is 0.487. The Morgan fingerprint density at radius 2 is 2.31 bits per heavy atom. The van der Waals surface area contributed by atoms with E-state index in [9.17, 15) is 4.79 Å². The highest BCUT2D eigenvalue weighted by atomic mass is 16.5. The summed E-state index contributed by atoms with van der Waals surface area (Å²) in [6, 6.07) is 5.33. The SMILES string of the molecule is C=CCOc1ccc(C=O)cc1C. The molecule has 13 heavy (non-hydrogen) atoms. The summed E-state index contributed by atoms with van der Waals surface area (Å²) >= 11 is 0. The molecule has 0 atom stereocenters. The van der Waals surface area contributed by atoms with E-state index >= 15 is 0 Å². The molecule has 0 heterocycles. The topological polar surface area (TPSA) is 26.3 Å². The number of aldehydes is 1. The first-order valence-electron chi connectivity index (χ1n) is 4.07. The lowest BCUT2D eigenvalue weighted by Crippen LogP contribution is -1.95. The smallest absolute Gasteiger partial charge is 0.150 e. The third-order valence-electron chi connectivity index (χ3n) is 1.69. The van der Waals surface area contributed by atoms with Crippen LogP contribution in [-0.2, 0) is 0 Å². The summed E-state index contributed by atoms with van der Waals surface area (Å²) in [7, 11) is 0. The Bertz CT molecular complexity index is 316. The van der Waals surface area contributed by atoms with Gasteiger partial charge in [-0.3, -0.25) is 4.79 Å². The summed E-state index contributed by atoms with van der Waals surface area (Å²) in [6.07, 6.45) is 2.51. The molecule has 1 aromatic rings. The van der Waals surface area contributed by atoms with Crippen molar-refractivity contribution < 1.29 is 9.53 Å². The summed E-state index contributed by atoms with van der Waals surface area (Å²) in [4.78, 5) is 10.4. The lowest BCUT2D eigenvalue weighted by molar-refractivity contribution is 0.112. The highest BCUT2D eigenvalue weighted by Crippen LogP contribution is 2.18. The van der Waals surface area contributed by atoms with E-state index < -0.39 is 0 Å². The molecule has 2 nitrogen and oxygen atoms in total. The second-order valence-electron chi connectivity index (χ2n) is 2.74. The van der Waals surface area contributed by atoms with Gasteiger partial charge < -0.3 is 4.74 Å². The van der Waals surface area contributed by atoms with Gasteiger partial charge in [0.15, 0.2) is 0 Å². The van der Waals surface area contributed by atoms with Gasteiger partial charge in [-0.2, -0.15) is 0 Å². The van der Waals surface area contributed by atoms with E-state index in [1.165, 1.54) is 0 Å². The number of hydrogen-bond acceptors (Lipinski definition) is 2. The van der Waals surface area contributed by atoms with Crippen LogP contribution in [0, 0.1) is 6.92 Å². The second-order valence-corrected chi connectivity index (χ2v) is 2.74. The number of rotatable bonds is 4. The molecule has 68 valence electrons. The average molecular weight is 176 g/mol. The van der Waals surface area contributed by atoms with Crippen LogP contribution in [0.2, 0.25) is 0 Å². The predicted octanol–water partition coefficient (Wildman–Crippen LogP) is 2.37. The number of ether oxygens (including phenoxy) is 1. The van der Waals surface area contributed by atoms with Gasteiger partial charge in [-0.05, 0) is 30.7 Å². The fraction of sp³-hybridized carbons (Fsp3) is 0.182. The lowest BCUT2D eigenvalue weighted by atomic mass is 10.1. The second kappa shape index (κ2) is 4.45. The van der Waals surface area contributed by atoms with Crippen molar-refractivity contribution in [3.8, 4) is 5.75 Å². The van der Waals surface area contributed by atoms with Crippen LogP contribution in [0.25, 0.3) is 0 Å². The Labute approximate surface area is 77.8 Å². The van der Waals surface area contributed by atoms with Crippen LogP contribution in [0.15, 0.2) is 30.9 Å². The van der Waals surface area contributed by atoms with Crippen LogP contribution in [-0.4, -0.2) is 12.9 Å². The molecular weight excluding hydrogens is 164 g/mol. The molecule has 0 saturated carbocycles. The zero-order valence-corrected chi connectivity index (χ0v) is 7.62. The zero-order chi connectivity index (χ0) is 9.68. The maximum absolute atomic E-state index is 10.4. The van der Waals surface area contributed by atoms with Crippen LogP contribution in [0.1, 0.15) is 15.9 Å². The van der Waals surface area contributed by atoms with E-state index in [1.54, 1.807) is 24.3 Å². The van der Waals surface area contributed by atoms with Gasteiger partial charge in [0.2, 0.25) is 0 Å². The minimum atomic E-state index is 0.487. The van der Waals surface area contributed by atoms with Gasteiger partial charge in [0.1, 0.15) is 18.6 Å². The Kier molecular flexibility index (Phi) is 3.26. The van der Waals surface area contributed by atoms with E-state index in [-0.39, 0.29) is 0 Å². The van der Waals surface area contributed by atoms with Crippen LogP contribution in [0.4, 0.5) is 0 Å². The Morgan fingerprint density at radius 3 is 2.85 bits per heavy atom. The van der Waals surface area contributed by atoms with Gasteiger partial charge in [-0.15, -0.1) is 0 Å². The fourth-order valence-electron chi connectivity index (χ4n) is 1.06. The molecule has 0 aliphatic heterocycles. The van der Waals surface area contributed by atoms with Gasteiger partial charge in [-0.25, -0.2) is 0 Å². The number of benzene rings is 1. The molecular formula is C11H12O2. The van der Waals surface area contributed by atoms with Crippen LogP contribution < -0.4 is 4.74 Å². The lowest BCUT2D eigenvalue weighted by Gasteiger charge is -2.06. The summed E-state index contributed by atoms with van der Waals surface area (Å²) in [5.74, 6) is 0.797. The molecule has 0 aliphatic rings. The molecule has 1 rings (SSSR count). The summed E-state index contributed by atoms with van der Waals surface area (Å²) < 4.78 is 5.35. The van der Waals surface area contributed by atoms with E-state index in [0.717, 1.165) is 17.6 Å². The molecule has 0 aliphatic carbocycles. The predicted molar refractivity (Wildman–Crippen MR) is 52.3 cm³/mol. The van der Waals surface area contributed by atoms with E-state index in [2.05, 4.69) is 6.58 Å². The van der Waals surface area contributed by atoms with Crippen molar-refractivity contribution in [3.05, 3.63) is 42.0 Å². The van der Waals surface area contributed by atoms with Gasteiger partial charge >= 0.3 is 0 Å². The summed E-state index contributed by atoms with van der Waals surface area (Å²) in [5.41, 5.74) is 1.63. The fourth-order valence-corrected chi connectivity index (χ4v) is 1.06. The van der Waals surface area contributed by atoms with E-state index in [0.29, 0.717) is 12.2 Å². The molecule has 0 saturated heterocycles. The van der Waals surface area contributed by atoms with Crippen molar-refractivity contribution >= 4 is 6.29 Å². The molecule has 0 N–H and O–H groups in total. The average Bonchev–Trinajstić information content (AvgIpc) is 2.16. The summed E-state index contributed by atoms with van der Waals surface area (Å²) in [5, 5.41) is 0. The standard InChI is InChI=1S/C11H12O2/c1-3-6-13-11-5-4-10(8-12)7-9(11)2/h3-5,7-8H,1,6H2,2H3. The van der Waals surface area contributed by atoms with E-state index in [1.807, 2.05) is 6.92 Å². The highest BCUT2D eigenvalue weighted by Gasteiger charge is 1.99. The summed E-state index contributed by atoms with van der Waals surface area (Å²) in [6.45, 7) is 5.95. The zero-order valence-electron chi connectivity index (χ0n) is 7.62. The molecule has 0 amide bonds. The first kappa shape index (κ1) is 9.52.